The lowest BCUT2D eigenvalue weighted by Gasteiger charge is -2.12. The molecule has 0 amide bonds. The Morgan fingerprint density at radius 1 is 1.12 bits per heavy atom. The van der Waals surface area contributed by atoms with Crippen LogP contribution in [0, 0.1) is 11.1 Å². The fourth-order valence-corrected chi connectivity index (χ4v) is 3.15. The van der Waals surface area contributed by atoms with Crippen LogP contribution in [0.4, 0.5) is 0 Å². The monoisotopic (exact) mass is 367 g/mol. The van der Waals surface area contributed by atoms with Gasteiger partial charge in [0.2, 0.25) is 0 Å². The molecule has 0 atom stereocenters. The summed E-state index contributed by atoms with van der Waals surface area (Å²) in [6.45, 7) is 0.736. The van der Waals surface area contributed by atoms with Crippen LogP contribution in [0.2, 0.25) is 10.0 Å². The molecule has 0 N–H and O–H groups in total. The fraction of sp³-hybridized carbons (Fsp3) is 0.389. The average Bonchev–Trinajstić information content (AvgIpc) is 3.36. The van der Waals surface area contributed by atoms with Crippen LogP contribution in [0.15, 0.2) is 30.6 Å². The summed E-state index contributed by atoms with van der Waals surface area (Å²) < 4.78 is 11.9. The van der Waals surface area contributed by atoms with Crippen molar-refractivity contribution in [2.24, 2.45) is 5.92 Å². The van der Waals surface area contributed by atoms with E-state index in [1.165, 1.54) is 25.2 Å². The van der Waals surface area contributed by atoms with Crippen LogP contribution in [-0.2, 0) is 12.8 Å². The highest BCUT2D eigenvalue weighted by Gasteiger charge is 2.22. The Morgan fingerprint density at radius 3 is 2.46 bits per heavy atom. The zero-order valence-corrected chi connectivity index (χ0v) is 14.9. The lowest BCUT2D eigenvalue weighted by molar-refractivity contribution is -0.605. The molecule has 0 spiro atoms. The molecule has 1 saturated carbocycles. The number of benzene rings is 1. The van der Waals surface area contributed by atoms with Crippen molar-refractivity contribution >= 4 is 23.2 Å². The third kappa shape index (κ3) is 4.25. The van der Waals surface area contributed by atoms with E-state index in [0.717, 1.165) is 35.7 Å². The molecule has 128 valence electrons. The topological polar surface area (TPSA) is 45.4 Å². The van der Waals surface area contributed by atoms with Gasteiger partial charge in [-0.25, -0.2) is 0 Å². The molecule has 0 aliphatic heterocycles. The van der Waals surface area contributed by atoms with Gasteiger partial charge in [-0.15, -0.1) is 0 Å². The second-order valence-electron chi connectivity index (χ2n) is 6.03. The molecule has 0 radical (unpaired) electrons. The van der Waals surface area contributed by atoms with E-state index < -0.39 is 0 Å². The molecular weight excluding hydrogens is 349 g/mol. The number of rotatable bonds is 7. The van der Waals surface area contributed by atoms with Crippen molar-refractivity contribution in [2.75, 3.05) is 13.7 Å². The van der Waals surface area contributed by atoms with Crippen LogP contribution < -0.4 is 14.2 Å². The van der Waals surface area contributed by atoms with Crippen LogP contribution >= 0.6 is 23.2 Å². The van der Waals surface area contributed by atoms with Crippen molar-refractivity contribution in [1.29, 1.82) is 0 Å². The first kappa shape index (κ1) is 17.2. The molecule has 24 heavy (non-hydrogen) atoms. The van der Waals surface area contributed by atoms with Gasteiger partial charge in [-0.05, 0) is 49.3 Å². The Hall–Kier alpha value is -1.65. The van der Waals surface area contributed by atoms with Gasteiger partial charge >= 0.3 is 0 Å². The Balaban J connectivity index is 1.71. The summed E-state index contributed by atoms with van der Waals surface area (Å²) in [6, 6.07) is 5.92. The highest BCUT2D eigenvalue weighted by molar-refractivity contribution is 6.35. The standard InChI is InChI=1S/C18H19Cl2NO3/c1-23-17-7-5-12(8-18(17)24-11-13-2-3-13)4-6-14-15(19)9-21(22)10-16(14)20/h5,7-10,13H,2-4,6,11H2,1H3. The number of ether oxygens (including phenoxy) is 2. The molecule has 1 aromatic heterocycles. The van der Waals surface area contributed by atoms with E-state index in [0.29, 0.717) is 27.1 Å². The van der Waals surface area contributed by atoms with Crippen molar-refractivity contribution < 1.29 is 14.2 Å². The van der Waals surface area contributed by atoms with Crippen molar-refractivity contribution in [3.05, 3.63) is 57.0 Å². The van der Waals surface area contributed by atoms with Gasteiger partial charge in [-0.2, -0.15) is 4.73 Å². The molecule has 1 heterocycles. The predicted octanol–water partition coefficient (Wildman–Crippen LogP) is 4.21. The summed E-state index contributed by atoms with van der Waals surface area (Å²) in [5.41, 5.74) is 1.88. The molecule has 3 rings (SSSR count). The lowest BCUT2D eigenvalue weighted by atomic mass is 10.0. The molecular formula is C18H19Cl2NO3. The summed E-state index contributed by atoms with van der Waals surface area (Å²) in [4.78, 5) is 0. The van der Waals surface area contributed by atoms with E-state index in [4.69, 9.17) is 32.7 Å². The predicted molar refractivity (Wildman–Crippen MR) is 94.0 cm³/mol. The SMILES string of the molecule is COc1ccc(CCc2c(Cl)c[n+]([O-])cc2Cl)cc1OCC1CC1. The zero-order chi connectivity index (χ0) is 17.1. The quantitative estimate of drug-likeness (QED) is 0.543. The van der Waals surface area contributed by atoms with Crippen LogP contribution in [0.3, 0.4) is 0 Å². The highest BCUT2D eigenvalue weighted by Crippen LogP contribution is 2.34. The van der Waals surface area contributed by atoms with Gasteiger partial charge in [0.05, 0.1) is 13.7 Å². The van der Waals surface area contributed by atoms with E-state index in [2.05, 4.69) is 0 Å². The zero-order valence-electron chi connectivity index (χ0n) is 13.4. The number of methoxy groups -OCH3 is 1. The average molecular weight is 368 g/mol. The molecule has 0 saturated heterocycles. The maximum absolute atomic E-state index is 11.3. The third-order valence-electron chi connectivity index (χ3n) is 4.12. The molecule has 2 aromatic rings. The number of nitrogens with zero attached hydrogens (tertiary/aromatic N) is 1. The van der Waals surface area contributed by atoms with E-state index in [1.54, 1.807) is 7.11 Å². The van der Waals surface area contributed by atoms with Crippen molar-refractivity contribution in [3.8, 4) is 11.5 Å². The normalized spacial score (nSPS) is 13.8. The number of hydrogen-bond acceptors (Lipinski definition) is 3. The summed E-state index contributed by atoms with van der Waals surface area (Å²) >= 11 is 12.2. The second kappa shape index (κ2) is 7.49. The molecule has 1 aliphatic carbocycles. The van der Waals surface area contributed by atoms with Crippen molar-refractivity contribution in [3.63, 3.8) is 0 Å². The van der Waals surface area contributed by atoms with Crippen LogP contribution in [0.1, 0.15) is 24.0 Å². The Bertz CT molecular complexity index is 709. The molecule has 0 bridgehead atoms. The first-order valence-electron chi connectivity index (χ1n) is 7.93. The van der Waals surface area contributed by atoms with E-state index in [1.807, 2.05) is 18.2 Å². The number of pyridine rings is 1. The Labute approximate surface area is 151 Å². The Kier molecular flexibility index (Phi) is 5.36. The van der Waals surface area contributed by atoms with Crippen molar-refractivity contribution in [1.82, 2.24) is 0 Å². The highest BCUT2D eigenvalue weighted by atomic mass is 35.5. The molecule has 6 heteroatoms. The van der Waals surface area contributed by atoms with Gasteiger partial charge in [0.25, 0.3) is 0 Å². The van der Waals surface area contributed by atoms with Crippen LogP contribution in [0.25, 0.3) is 0 Å². The molecule has 4 nitrogen and oxygen atoms in total. The Morgan fingerprint density at radius 2 is 1.83 bits per heavy atom. The maximum Gasteiger partial charge on any atom is 0.199 e. The second-order valence-corrected chi connectivity index (χ2v) is 6.85. The van der Waals surface area contributed by atoms with Crippen LogP contribution in [-0.4, -0.2) is 13.7 Å². The summed E-state index contributed by atoms with van der Waals surface area (Å²) in [7, 11) is 1.64. The number of aromatic nitrogens is 1. The fourth-order valence-electron chi connectivity index (χ4n) is 2.52. The first-order valence-corrected chi connectivity index (χ1v) is 8.69. The number of halogens is 2. The van der Waals surface area contributed by atoms with Gasteiger partial charge in [0, 0.05) is 5.56 Å². The van der Waals surface area contributed by atoms with E-state index in [9.17, 15) is 5.21 Å². The minimum Gasteiger partial charge on any atom is -0.619 e. The largest absolute Gasteiger partial charge is 0.619 e. The smallest absolute Gasteiger partial charge is 0.199 e. The molecule has 1 aromatic carbocycles. The molecule has 1 aliphatic rings. The summed E-state index contributed by atoms with van der Waals surface area (Å²) in [5.74, 6) is 2.19. The van der Waals surface area contributed by atoms with Gasteiger partial charge in [0.1, 0.15) is 10.0 Å². The minimum absolute atomic E-state index is 0.385. The molecule has 0 unspecified atom stereocenters. The van der Waals surface area contributed by atoms with Crippen LogP contribution in [0.5, 0.6) is 11.5 Å². The van der Waals surface area contributed by atoms with Crippen molar-refractivity contribution in [2.45, 2.75) is 25.7 Å². The van der Waals surface area contributed by atoms with E-state index in [-0.39, 0.29) is 0 Å². The molecule has 1 fully saturated rings. The third-order valence-corrected chi connectivity index (χ3v) is 4.77. The summed E-state index contributed by atoms with van der Waals surface area (Å²) in [5, 5.41) is 12.1. The van der Waals surface area contributed by atoms with Gasteiger partial charge < -0.3 is 14.7 Å². The summed E-state index contributed by atoms with van der Waals surface area (Å²) in [6.07, 6.45) is 6.51. The van der Waals surface area contributed by atoms with Gasteiger partial charge in [-0.1, -0.05) is 29.3 Å². The van der Waals surface area contributed by atoms with Gasteiger partial charge in [0.15, 0.2) is 23.9 Å². The van der Waals surface area contributed by atoms with E-state index >= 15 is 0 Å². The minimum atomic E-state index is 0.385. The lowest BCUT2D eigenvalue weighted by Crippen LogP contribution is -2.25. The van der Waals surface area contributed by atoms with Gasteiger partial charge in [-0.3, -0.25) is 0 Å². The number of hydrogen-bond donors (Lipinski definition) is 0. The first-order chi connectivity index (χ1) is 11.6. The maximum atomic E-state index is 11.3. The number of aryl methyl sites for hydroxylation is 1.